The number of carbonyl (C=O) groups excluding carboxylic acids is 1. The number of amides is 1. The number of aromatic nitrogens is 2. The molecule has 6 heteroatoms. The van der Waals surface area contributed by atoms with E-state index in [4.69, 9.17) is 9.47 Å². The van der Waals surface area contributed by atoms with Gasteiger partial charge in [0.15, 0.2) is 11.5 Å². The number of rotatable bonds is 2. The Labute approximate surface area is 134 Å². The van der Waals surface area contributed by atoms with Crippen molar-refractivity contribution in [3.63, 3.8) is 0 Å². The van der Waals surface area contributed by atoms with Crippen LogP contribution in [0.1, 0.15) is 40.8 Å². The summed E-state index contributed by atoms with van der Waals surface area (Å²) >= 11 is 0. The lowest BCUT2D eigenvalue weighted by molar-refractivity contribution is 0.0729. The number of nitrogens with zero attached hydrogens (tertiary/aromatic N) is 2. The molecule has 0 spiro atoms. The van der Waals surface area contributed by atoms with Crippen molar-refractivity contribution < 1.29 is 14.3 Å². The summed E-state index contributed by atoms with van der Waals surface area (Å²) in [5.74, 6) is 2.23. The van der Waals surface area contributed by atoms with Crippen LogP contribution < -0.4 is 9.47 Å². The third-order valence-electron chi connectivity index (χ3n) is 4.34. The first-order valence-corrected chi connectivity index (χ1v) is 7.94. The highest BCUT2D eigenvalue weighted by atomic mass is 16.6. The predicted molar refractivity (Wildman–Crippen MR) is 83.8 cm³/mol. The molecule has 2 aliphatic heterocycles. The van der Waals surface area contributed by atoms with Crippen molar-refractivity contribution in [3.05, 3.63) is 41.5 Å². The molecule has 120 valence electrons. The van der Waals surface area contributed by atoms with Crippen molar-refractivity contribution in [2.45, 2.75) is 25.8 Å². The van der Waals surface area contributed by atoms with Gasteiger partial charge in [0.1, 0.15) is 19.0 Å². The van der Waals surface area contributed by atoms with E-state index in [0.29, 0.717) is 30.3 Å². The highest BCUT2D eigenvalue weighted by Gasteiger charge is 2.32. The minimum Gasteiger partial charge on any atom is -0.486 e. The van der Waals surface area contributed by atoms with Crippen LogP contribution in [0.25, 0.3) is 0 Å². The number of aromatic amines is 1. The summed E-state index contributed by atoms with van der Waals surface area (Å²) in [5, 5.41) is 0. The van der Waals surface area contributed by atoms with Crippen molar-refractivity contribution in [1.82, 2.24) is 14.9 Å². The molecule has 1 unspecified atom stereocenters. The maximum absolute atomic E-state index is 12.9. The second-order valence-electron chi connectivity index (χ2n) is 5.97. The average molecular weight is 313 g/mol. The zero-order chi connectivity index (χ0) is 15.8. The van der Waals surface area contributed by atoms with Gasteiger partial charge in [0.25, 0.3) is 5.91 Å². The summed E-state index contributed by atoms with van der Waals surface area (Å²) in [5.41, 5.74) is 1.64. The van der Waals surface area contributed by atoms with E-state index in [1.807, 2.05) is 17.9 Å². The van der Waals surface area contributed by atoms with E-state index in [1.54, 1.807) is 18.3 Å². The third kappa shape index (κ3) is 2.54. The van der Waals surface area contributed by atoms with Gasteiger partial charge in [0.05, 0.1) is 6.04 Å². The lowest BCUT2D eigenvalue weighted by atomic mass is 10.1. The van der Waals surface area contributed by atoms with Crippen LogP contribution in [0.4, 0.5) is 0 Å². The summed E-state index contributed by atoms with van der Waals surface area (Å²) in [6.45, 7) is 3.78. The van der Waals surface area contributed by atoms with Crippen molar-refractivity contribution in [2.75, 3.05) is 19.8 Å². The second-order valence-corrected chi connectivity index (χ2v) is 5.97. The molecule has 1 aromatic carbocycles. The Balaban J connectivity index is 1.60. The fraction of sp³-hybridized carbons (Fsp3) is 0.412. The fourth-order valence-electron chi connectivity index (χ4n) is 3.24. The van der Waals surface area contributed by atoms with E-state index < -0.39 is 0 Å². The lowest BCUT2D eigenvalue weighted by Gasteiger charge is -2.24. The molecule has 2 aromatic rings. The summed E-state index contributed by atoms with van der Waals surface area (Å²) in [6.07, 6.45) is 3.73. The first-order chi connectivity index (χ1) is 11.2. The second kappa shape index (κ2) is 5.61. The van der Waals surface area contributed by atoms with Gasteiger partial charge >= 0.3 is 0 Å². The number of H-pyrrole nitrogens is 1. The molecule has 1 saturated heterocycles. The monoisotopic (exact) mass is 313 g/mol. The van der Waals surface area contributed by atoms with Crippen LogP contribution in [-0.2, 0) is 0 Å². The molecule has 0 aliphatic carbocycles. The number of ether oxygens (including phenoxy) is 2. The zero-order valence-corrected chi connectivity index (χ0v) is 13.0. The highest BCUT2D eigenvalue weighted by Crippen LogP contribution is 2.34. The molecule has 0 saturated carbocycles. The molecule has 1 fully saturated rings. The molecule has 0 bridgehead atoms. The quantitative estimate of drug-likeness (QED) is 0.925. The number of likely N-dealkylation sites (tertiary alicyclic amines) is 1. The molecule has 1 N–H and O–H groups in total. The Hall–Kier alpha value is -2.50. The number of aryl methyl sites for hydroxylation is 1. The Morgan fingerprint density at radius 2 is 2.13 bits per heavy atom. The van der Waals surface area contributed by atoms with Crippen molar-refractivity contribution >= 4 is 5.91 Å². The van der Waals surface area contributed by atoms with Gasteiger partial charge < -0.3 is 19.4 Å². The number of benzene rings is 1. The highest BCUT2D eigenvalue weighted by molar-refractivity contribution is 5.95. The largest absolute Gasteiger partial charge is 0.486 e. The Morgan fingerprint density at radius 1 is 1.30 bits per heavy atom. The maximum atomic E-state index is 12.9. The van der Waals surface area contributed by atoms with E-state index in [-0.39, 0.29) is 11.9 Å². The molecule has 2 aliphatic rings. The predicted octanol–water partition coefficient (Wildman–Crippen LogP) is 2.47. The maximum Gasteiger partial charge on any atom is 0.254 e. The molecule has 6 nitrogen and oxygen atoms in total. The molecular formula is C17H19N3O3. The summed E-state index contributed by atoms with van der Waals surface area (Å²) < 4.78 is 11.1. The Bertz CT molecular complexity index is 740. The summed E-state index contributed by atoms with van der Waals surface area (Å²) in [6, 6.07) is 5.41. The van der Waals surface area contributed by atoms with Crippen LogP contribution in [0, 0.1) is 6.92 Å². The van der Waals surface area contributed by atoms with E-state index in [1.165, 1.54) is 0 Å². The number of nitrogens with one attached hydrogen (secondary N) is 1. The molecule has 0 radical (unpaired) electrons. The van der Waals surface area contributed by atoms with Crippen molar-refractivity contribution in [3.8, 4) is 11.5 Å². The van der Waals surface area contributed by atoms with Gasteiger partial charge in [-0.15, -0.1) is 0 Å². The molecule has 1 atom stereocenters. The standard InChI is InChI=1S/C17H19N3O3/c1-11-10-18-16(19-11)13-3-2-6-20(13)17(21)12-4-5-14-15(9-12)23-8-7-22-14/h4-5,9-10,13H,2-3,6-8H2,1H3,(H,18,19). The van der Waals surface area contributed by atoms with Gasteiger partial charge in [-0.1, -0.05) is 0 Å². The van der Waals surface area contributed by atoms with E-state index >= 15 is 0 Å². The van der Waals surface area contributed by atoms with Crippen LogP contribution in [0.5, 0.6) is 11.5 Å². The normalized spacial score (nSPS) is 19.9. The average Bonchev–Trinajstić information content (AvgIpc) is 3.22. The van der Waals surface area contributed by atoms with E-state index in [9.17, 15) is 4.79 Å². The summed E-state index contributed by atoms with van der Waals surface area (Å²) in [7, 11) is 0. The number of carbonyl (C=O) groups is 1. The topological polar surface area (TPSA) is 67.5 Å². The summed E-state index contributed by atoms with van der Waals surface area (Å²) in [4.78, 5) is 22.5. The van der Waals surface area contributed by atoms with E-state index in [0.717, 1.165) is 30.9 Å². The first-order valence-electron chi connectivity index (χ1n) is 7.94. The van der Waals surface area contributed by atoms with Crippen LogP contribution >= 0.6 is 0 Å². The van der Waals surface area contributed by atoms with Crippen LogP contribution in [0.2, 0.25) is 0 Å². The zero-order valence-electron chi connectivity index (χ0n) is 13.0. The minimum absolute atomic E-state index is 0.0125. The van der Waals surface area contributed by atoms with Crippen molar-refractivity contribution in [1.29, 1.82) is 0 Å². The molecular weight excluding hydrogens is 294 g/mol. The first kappa shape index (κ1) is 14.1. The minimum atomic E-state index is 0.0125. The Morgan fingerprint density at radius 3 is 2.91 bits per heavy atom. The smallest absolute Gasteiger partial charge is 0.254 e. The SMILES string of the molecule is Cc1cnc(C2CCCN2C(=O)c2ccc3c(c2)OCCO3)[nH]1. The van der Waals surface area contributed by atoms with E-state index in [2.05, 4.69) is 9.97 Å². The third-order valence-corrected chi connectivity index (χ3v) is 4.34. The molecule has 23 heavy (non-hydrogen) atoms. The number of imidazole rings is 1. The number of fused-ring (bicyclic) bond motifs is 1. The number of hydrogen-bond acceptors (Lipinski definition) is 4. The molecule has 1 aromatic heterocycles. The van der Waals surface area contributed by atoms with Gasteiger partial charge in [-0.05, 0) is 38.0 Å². The molecule has 3 heterocycles. The Kier molecular flexibility index (Phi) is 3.44. The van der Waals surface area contributed by atoms with Crippen LogP contribution in [-0.4, -0.2) is 40.5 Å². The van der Waals surface area contributed by atoms with Gasteiger partial charge in [-0.2, -0.15) is 0 Å². The number of hydrogen-bond donors (Lipinski definition) is 1. The van der Waals surface area contributed by atoms with Crippen LogP contribution in [0.3, 0.4) is 0 Å². The molecule has 1 amide bonds. The van der Waals surface area contributed by atoms with Gasteiger partial charge in [0.2, 0.25) is 0 Å². The fourth-order valence-corrected chi connectivity index (χ4v) is 3.24. The van der Waals surface area contributed by atoms with Gasteiger partial charge in [0, 0.05) is 24.0 Å². The van der Waals surface area contributed by atoms with Gasteiger partial charge in [-0.25, -0.2) is 4.98 Å². The van der Waals surface area contributed by atoms with Gasteiger partial charge in [-0.3, -0.25) is 4.79 Å². The van der Waals surface area contributed by atoms with Crippen LogP contribution in [0.15, 0.2) is 24.4 Å². The lowest BCUT2D eigenvalue weighted by Crippen LogP contribution is -2.31. The van der Waals surface area contributed by atoms with Crippen molar-refractivity contribution in [2.24, 2.45) is 0 Å². The molecule has 4 rings (SSSR count).